The summed E-state index contributed by atoms with van der Waals surface area (Å²) in [5.41, 5.74) is 0. The molecule has 1 heterocycles. The average molecular weight is 118 g/mol. The highest BCUT2D eigenvalue weighted by molar-refractivity contribution is 7.26. The van der Waals surface area contributed by atoms with Crippen LogP contribution in [0.1, 0.15) is 13.3 Å². The van der Waals surface area contributed by atoms with Crippen LogP contribution in [-0.4, -0.2) is 0 Å². The van der Waals surface area contributed by atoms with Crippen molar-refractivity contribution in [2.24, 2.45) is 0 Å². The Morgan fingerprint density at radius 2 is 2.71 bits per heavy atom. The van der Waals surface area contributed by atoms with Crippen molar-refractivity contribution in [3.05, 3.63) is 12.0 Å². The van der Waals surface area contributed by atoms with Gasteiger partial charge < -0.3 is 9.05 Å². The summed E-state index contributed by atoms with van der Waals surface area (Å²) in [6, 6.07) is 0. The lowest BCUT2D eigenvalue weighted by Crippen LogP contribution is -1.70. The molecule has 0 saturated heterocycles. The minimum atomic E-state index is 0.203. The molecule has 1 unspecified atom stereocenters. The van der Waals surface area contributed by atoms with Gasteiger partial charge >= 0.3 is 0 Å². The van der Waals surface area contributed by atoms with Crippen LogP contribution < -0.4 is 0 Å². The summed E-state index contributed by atoms with van der Waals surface area (Å²) in [5, 5.41) is 0. The van der Waals surface area contributed by atoms with Crippen LogP contribution in [0.15, 0.2) is 12.0 Å². The lowest BCUT2D eigenvalue weighted by Gasteiger charge is -1.90. The molecule has 2 nitrogen and oxygen atoms in total. The van der Waals surface area contributed by atoms with E-state index in [-0.39, 0.29) is 9.03 Å². The minimum absolute atomic E-state index is 0.203. The number of rotatable bonds is 1. The second-order valence-electron chi connectivity index (χ2n) is 1.24. The van der Waals surface area contributed by atoms with Crippen LogP contribution in [0, 0.1) is 0 Å². The minimum Gasteiger partial charge on any atom is -0.445 e. The van der Waals surface area contributed by atoms with Crippen molar-refractivity contribution < 1.29 is 9.05 Å². The van der Waals surface area contributed by atoms with Gasteiger partial charge in [0.05, 0.1) is 0 Å². The van der Waals surface area contributed by atoms with E-state index in [4.69, 9.17) is 9.05 Å². The van der Waals surface area contributed by atoms with Gasteiger partial charge in [0, 0.05) is 6.42 Å². The van der Waals surface area contributed by atoms with E-state index in [9.17, 15) is 0 Å². The summed E-state index contributed by atoms with van der Waals surface area (Å²) < 4.78 is 9.76. The van der Waals surface area contributed by atoms with Crippen molar-refractivity contribution in [3.8, 4) is 0 Å². The quantitative estimate of drug-likeness (QED) is 0.488. The van der Waals surface area contributed by atoms with Crippen molar-refractivity contribution in [1.82, 2.24) is 0 Å². The van der Waals surface area contributed by atoms with E-state index < -0.39 is 0 Å². The first-order chi connectivity index (χ1) is 3.43. The molecule has 7 heavy (non-hydrogen) atoms. The molecule has 0 saturated carbocycles. The monoisotopic (exact) mass is 118 g/mol. The molecule has 3 heteroatoms. The fourth-order valence-corrected chi connectivity index (χ4v) is 0.874. The fraction of sp³-hybridized carbons (Fsp3) is 0.500. The van der Waals surface area contributed by atoms with Crippen LogP contribution >= 0.6 is 9.03 Å². The Morgan fingerprint density at radius 1 is 1.86 bits per heavy atom. The lowest BCUT2D eigenvalue weighted by molar-refractivity contribution is 0.462. The van der Waals surface area contributed by atoms with Crippen molar-refractivity contribution >= 4 is 9.03 Å². The third-order valence-electron chi connectivity index (χ3n) is 0.760. The molecule has 1 aliphatic rings. The maximum absolute atomic E-state index is 4.97. The predicted octanol–water partition coefficient (Wildman–Crippen LogP) is 1.79. The zero-order valence-electron chi connectivity index (χ0n) is 4.10. The summed E-state index contributed by atoms with van der Waals surface area (Å²) in [7, 11) is 0.203. The standard InChI is InChI=1S/C4H7O2P/c1-2-4-3-5-7-6-4/h3,7H,2H2,1H3. The molecule has 0 aromatic rings. The zero-order valence-corrected chi connectivity index (χ0v) is 5.10. The molecule has 0 amide bonds. The molecule has 0 aromatic carbocycles. The van der Waals surface area contributed by atoms with Crippen LogP contribution in [0.2, 0.25) is 0 Å². The summed E-state index contributed by atoms with van der Waals surface area (Å²) >= 11 is 0. The van der Waals surface area contributed by atoms with Gasteiger partial charge in [-0.05, 0) is 0 Å². The Kier molecular flexibility index (Phi) is 1.53. The highest BCUT2D eigenvalue weighted by Gasteiger charge is 2.01. The zero-order chi connectivity index (χ0) is 5.11. The molecule has 0 fully saturated rings. The van der Waals surface area contributed by atoms with Crippen molar-refractivity contribution in [2.45, 2.75) is 13.3 Å². The van der Waals surface area contributed by atoms with E-state index in [1.54, 1.807) is 6.26 Å². The van der Waals surface area contributed by atoms with Gasteiger partial charge in [0.2, 0.25) is 0 Å². The van der Waals surface area contributed by atoms with E-state index in [0.29, 0.717) is 0 Å². The summed E-state index contributed by atoms with van der Waals surface area (Å²) in [6.45, 7) is 2.03. The fourth-order valence-electron chi connectivity index (χ4n) is 0.347. The summed E-state index contributed by atoms with van der Waals surface area (Å²) in [6.07, 6.45) is 2.60. The first kappa shape index (κ1) is 4.92. The lowest BCUT2D eigenvalue weighted by atomic mass is 10.4. The number of hydrogen-bond donors (Lipinski definition) is 0. The van der Waals surface area contributed by atoms with E-state index in [1.165, 1.54) is 0 Å². The molecule has 0 spiro atoms. The van der Waals surface area contributed by atoms with Gasteiger partial charge in [-0.2, -0.15) is 0 Å². The van der Waals surface area contributed by atoms with Gasteiger partial charge in [0.25, 0.3) is 9.03 Å². The third-order valence-corrected chi connectivity index (χ3v) is 1.32. The van der Waals surface area contributed by atoms with Gasteiger partial charge in [-0.25, -0.2) is 0 Å². The smallest absolute Gasteiger partial charge is 0.274 e. The second-order valence-corrected chi connectivity index (χ2v) is 1.85. The van der Waals surface area contributed by atoms with Crippen molar-refractivity contribution in [3.63, 3.8) is 0 Å². The molecule has 0 bridgehead atoms. The molecule has 1 atom stereocenters. The molecule has 1 rings (SSSR count). The second kappa shape index (κ2) is 2.17. The Bertz CT molecular complexity index is 89.7. The molecular weight excluding hydrogens is 111 g/mol. The largest absolute Gasteiger partial charge is 0.445 e. The maximum Gasteiger partial charge on any atom is 0.274 e. The van der Waals surface area contributed by atoms with Gasteiger partial charge in [-0.1, -0.05) is 6.92 Å². The van der Waals surface area contributed by atoms with Gasteiger partial charge in [-0.3, -0.25) is 0 Å². The third kappa shape index (κ3) is 1.07. The first-order valence-corrected chi connectivity index (χ1v) is 3.01. The van der Waals surface area contributed by atoms with Crippen LogP contribution in [0.5, 0.6) is 0 Å². The highest BCUT2D eigenvalue weighted by Crippen LogP contribution is 2.28. The molecule has 1 aliphatic heterocycles. The van der Waals surface area contributed by atoms with E-state index in [0.717, 1.165) is 12.2 Å². The van der Waals surface area contributed by atoms with Gasteiger partial charge in [0.15, 0.2) is 0 Å². The number of allylic oxidation sites excluding steroid dienone is 1. The topological polar surface area (TPSA) is 18.5 Å². The number of hydrogen-bond acceptors (Lipinski definition) is 2. The van der Waals surface area contributed by atoms with Crippen LogP contribution in [0.4, 0.5) is 0 Å². The SMILES string of the molecule is CCC1=COPO1. The van der Waals surface area contributed by atoms with E-state index in [1.807, 2.05) is 6.92 Å². The van der Waals surface area contributed by atoms with Gasteiger partial charge in [0.1, 0.15) is 12.0 Å². The molecule has 0 N–H and O–H groups in total. The summed E-state index contributed by atoms with van der Waals surface area (Å²) in [4.78, 5) is 0. The van der Waals surface area contributed by atoms with Crippen LogP contribution in [0.3, 0.4) is 0 Å². The van der Waals surface area contributed by atoms with Crippen molar-refractivity contribution in [1.29, 1.82) is 0 Å². The highest BCUT2D eigenvalue weighted by atomic mass is 31.1. The first-order valence-electron chi connectivity index (χ1n) is 2.20. The normalized spacial score (nSPS) is 21.0. The Hall–Kier alpha value is -0.230. The predicted molar refractivity (Wildman–Crippen MR) is 28.9 cm³/mol. The molecule has 0 aromatic heterocycles. The molecule has 0 radical (unpaired) electrons. The van der Waals surface area contributed by atoms with Crippen LogP contribution in [0.25, 0.3) is 0 Å². The van der Waals surface area contributed by atoms with E-state index >= 15 is 0 Å². The average Bonchev–Trinajstić information content (AvgIpc) is 2.14. The summed E-state index contributed by atoms with van der Waals surface area (Å²) in [5.74, 6) is 0.957. The van der Waals surface area contributed by atoms with Gasteiger partial charge in [-0.15, -0.1) is 0 Å². The van der Waals surface area contributed by atoms with Crippen molar-refractivity contribution in [2.75, 3.05) is 0 Å². The molecular formula is C4H7O2P. The maximum atomic E-state index is 4.97. The molecule has 40 valence electrons. The Morgan fingerprint density at radius 3 is 3.00 bits per heavy atom. The Labute approximate surface area is 44.5 Å². The Balaban J connectivity index is 2.36. The molecule has 0 aliphatic carbocycles. The van der Waals surface area contributed by atoms with Crippen LogP contribution in [-0.2, 0) is 9.05 Å². The van der Waals surface area contributed by atoms with E-state index in [2.05, 4.69) is 0 Å².